The highest BCUT2D eigenvalue weighted by molar-refractivity contribution is 7.90. The minimum absolute atomic E-state index is 0.0454. The molecule has 0 amide bonds. The summed E-state index contributed by atoms with van der Waals surface area (Å²) in [5, 5.41) is 10.2. The predicted octanol–water partition coefficient (Wildman–Crippen LogP) is 0.902. The largest absolute Gasteiger partial charge is 0.391 e. The second kappa shape index (κ2) is 5.98. The van der Waals surface area contributed by atoms with Crippen LogP contribution in [-0.2, 0) is 9.84 Å². The molecule has 4 nitrogen and oxygen atoms in total. The fourth-order valence-electron chi connectivity index (χ4n) is 2.25. The van der Waals surface area contributed by atoms with Crippen molar-refractivity contribution in [3.05, 3.63) is 0 Å². The molecule has 0 aromatic carbocycles. The summed E-state index contributed by atoms with van der Waals surface area (Å²) in [4.78, 5) is 2.00. The molecule has 0 fully saturated rings. The Morgan fingerprint density at radius 2 is 1.69 bits per heavy atom. The number of hydrogen-bond acceptors (Lipinski definition) is 4. The minimum Gasteiger partial charge on any atom is -0.391 e. The lowest BCUT2D eigenvalue weighted by Crippen LogP contribution is -2.53. The van der Waals surface area contributed by atoms with E-state index < -0.39 is 15.9 Å². The highest BCUT2D eigenvalue weighted by Gasteiger charge is 2.36. The summed E-state index contributed by atoms with van der Waals surface area (Å²) in [6.07, 6.45) is 2.52. The van der Waals surface area contributed by atoms with E-state index in [9.17, 15) is 13.5 Å². The molecule has 1 unspecified atom stereocenters. The van der Waals surface area contributed by atoms with Crippen LogP contribution in [0.25, 0.3) is 0 Å². The second-order valence-corrected chi connectivity index (χ2v) is 6.90. The van der Waals surface area contributed by atoms with Crippen LogP contribution in [0.15, 0.2) is 0 Å². The molecule has 0 heterocycles. The molecule has 1 atom stereocenters. The zero-order valence-corrected chi connectivity index (χ0v) is 11.8. The molecule has 0 spiro atoms. The minimum atomic E-state index is -3.00. The molecule has 5 heteroatoms. The van der Waals surface area contributed by atoms with Gasteiger partial charge in [0, 0.05) is 11.8 Å². The molecule has 0 aliphatic carbocycles. The number of rotatable bonds is 7. The van der Waals surface area contributed by atoms with Crippen molar-refractivity contribution < 1.29 is 13.5 Å². The molecule has 1 N–H and O–H groups in total. The Balaban J connectivity index is 4.69. The fraction of sp³-hybridized carbons (Fsp3) is 1.00. The van der Waals surface area contributed by atoms with E-state index in [-0.39, 0.29) is 11.3 Å². The normalized spacial score (nSPS) is 15.4. The average Bonchev–Trinajstić information content (AvgIpc) is 2.16. The molecule has 0 aromatic heterocycles. The third-order valence-electron chi connectivity index (χ3n) is 3.50. The van der Waals surface area contributed by atoms with E-state index >= 15 is 0 Å². The van der Waals surface area contributed by atoms with Crippen LogP contribution >= 0.6 is 0 Å². The first kappa shape index (κ1) is 15.9. The number of aliphatic hydroxyl groups is 1. The quantitative estimate of drug-likeness (QED) is 0.730. The summed E-state index contributed by atoms with van der Waals surface area (Å²) >= 11 is 0. The maximum absolute atomic E-state index is 11.1. The van der Waals surface area contributed by atoms with E-state index in [0.29, 0.717) is 6.42 Å². The van der Waals surface area contributed by atoms with E-state index in [4.69, 9.17) is 0 Å². The maximum Gasteiger partial charge on any atom is 0.147 e. The topological polar surface area (TPSA) is 57.6 Å². The third kappa shape index (κ3) is 4.03. The molecule has 0 saturated carbocycles. The maximum atomic E-state index is 11.1. The van der Waals surface area contributed by atoms with Crippen molar-refractivity contribution in [3.8, 4) is 0 Å². The molecule has 0 aliphatic heterocycles. The lowest BCUT2D eigenvalue weighted by atomic mass is 9.84. The Bertz CT molecular complexity index is 294. The van der Waals surface area contributed by atoms with Crippen LogP contribution in [0.5, 0.6) is 0 Å². The van der Waals surface area contributed by atoms with Gasteiger partial charge >= 0.3 is 0 Å². The van der Waals surface area contributed by atoms with Crippen molar-refractivity contribution >= 4 is 9.84 Å². The molecule has 0 aliphatic rings. The number of nitrogens with zero attached hydrogens (tertiary/aromatic N) is 1. The van der Waals surface area contributed by atoms with Gasteiger partial charge in [0.05, 0.1) is 11.9 Å². The molecule has 0 saturated heterocycles. The Labute approximate surface area is 99.6 Å². The lowest BCUT2D eigenvalue weighted by molar-refractivity contribution is -0.0144. The van der Waals surface area contributed by atoms with Crippen molar-refractivity contribution in [2.45, 2.75) is 44.8 Å². The summed E-state index contributed by atoms with van der Waals surface area (Å²) in [7, 11) is 0.854. The van der Waals surface area contributed by atoms with Crippen LogP contribution < -0.4 is 0 Å². The van der Waals surface area contributed by atoms with E-state index in [1.807, 2.05) is 32.8 Å². The molecule has 16 heavy (non-hydrogen) atoms. The van der Waals surface area contributed by atoms with Gasteiger partial charge < -0.3 is 10.0 Å². The molecular formula is C11H25NO3S. The molecule has 0 aromatic rings. The SMILES string of the molecule is CCC(CC)(C(O)CCS(C)(=O)=O)N(C)C. The third-order valence-corrected chi connectivity index (χ3v) is 4.47. The van der Waals surface area contributed by atoms with E-state index in [0.717, 1.165) is 12.8 Å². The average molecular weight is 251 g/mol. The van der Waals surface area contributed by atoms with Gasteiger partial charge in [-0.2, -0.15) is 0 Å². The standard InChI is InChI=1S/C11H25NO3S/c1-6-11(7-2,12(3)4)10(13)8-9-16(5,14)15/h10,13H,6-9H2,1-5H3. The van der Waals surface area contributed by atoms with Crippen molar-refractivity contribution in [3.63, 3.8) is 0 Å². The van der Waals surface area contributed by atoms with Crippen LogP contribution in [0.4, 0.5) is 0 Å². The van der Waals surface area contributed by atoms with Gasteiger partial charge in [-0.15, -0.1) is 0 Å². The Morgan fingerprint density at radius 1 is 1.25 bits per heavy atom. The first-order valence-corrected chi connectivity index (χ1v) is 7.79. The molecule has 0 rings (SSSR count). The molecule has 0 radical (unpaired) electrons. The van der Waals surface area contributed by atoms with Gasteiger partial charge in [0.25, 0.3) is 0 Å². The molecule has 98 valence electrons. The number of aliphatic hydroxyl groups excluding tert-OH is 1. The summed E-state index contributed by atoms with van der Waals surface area (Å²) in [5.41, 5.74) is -0.315. The lowest BCUT2D eigenvalue weighted by Gasteiger charge is -2.42. The number of likely N-dealkylation sites (N-methyl/N-ethyl adjacent to an activating group) is 1. The zero-order valence-electron chi connectivity index (χ0n) is 11.0. The van der Waals surface area contributed by atoms with Crippen molar-refractivity contribution in [1.29, 1.82) is 0 Å². The number of hydrogen-bond donors (Lipinski definition) is 1. The van der Waals surface area contributed by atoms with Crippen LogP contribution in [0, 0.1) is 0 Å². The van der Waals surface area contributed by atoms with Gasteiger partial charge in [0.2, 0.25) is 0 Å². The Hall–Kier alpha value is -0.130. The van der Waals surface area contributed by atoms with Gasteiger partial charge in [0.1, 0.15) is 9.84 Å². The van der Waals surface area contributed by atoms with Gasteiger partial charge in [0.15, 0.2) is 0 Å². The first-order chi connectivity index (χ1) is 7.19. The van der Waals surface area contributed by atoms with Gasteiger partial charge in [-0.1, -0.05) is 13.8 Å². The Morgan fingerprint density at radius 3 is 1.94 bits per heavy atom. The number of sulfone groups is 1. The van der Waals surface area contributed by atoms with Crippen LogP contribution in [-0.4, -0.2) is 56.2 Å². The summed E-state index contributed by atoms with van der Waals surface area (Å²) in [6, 6.07) is 0. The summed E-state index contributed by atoms with van der Waals surface area (Å²) < 4.78 is 22.2. The molecule has 0 bridgehead atoms. The highest BCUT2D eigenvalue weighted by Crippen LogP contribution is 2.27. The van der Waals surface area contributed by atoms with Gasteiger partial charge in [-0.05, 0) is 33.4 Å². The van der Waals surface area contributed by atoms with E-state index in [1.165, 1.54) is 6.26 Å². The highest BCUT2D eigenvalue weighted by atomic mass is 32.2. The van der Waals surface area contributed by atoms with Crippen LogP contribution in [0.1, 0.15) is 33.1 Å². The van der Waals surface area contributed by atoms with Crippen molar-refractivity contribution in [2.24, 2.45) is 0 Å². The van der Waals surface area contributed by atoms with E-state index in [2.05, 4.69) is 0 Å². The second-order valence-electron chi connectivity index (χ2n) is 4.64. The van der Waals surface area contributed by atoms with Gasteiger partial charge in [-0.3, -0.25) is 0 Å². The van der Waals surface area contributed by atoms with Crippen LogP contribution in [0.2, 0.25) is 0 Å². The summed E-state index contributed by atoms with van der Waals surface area (Å²) in [5.74, 6) is 0.0454. The predicted molar refractivity (Wildman–Crippen MR) is 67.3 cm³/mol. The summed E-state index contributed by atoms with van der Waals surface area (Å²) in [6.45, 7) is 4.04. The smallest absolute Gasteiger partial charge is 0.147 e. The molecular weight excluding hydrogens is 226 g/mol. The Kier molecular flexibility index (Phi) is 5.93. The van der Waals surface area contributed by atoms with Gasteiger partial charge in [-0.25, -0.2) is 8.42 Å². The first-order valence-electron chi connectivity index (χ1n) is 5.72. The monoisotopic (exact) mass is 251 g/mol. The fourth-order valence-corrected chi connectivity index (χ4v) is 2.90. The zero-order chi connectivity index (χ0) is 13.0. The van der Waals surface area contributed by atoms with E-state index in [1.54, 1.807) is 0 Å². The van der Waals surface area contributed by atoms with Crippen molar-refractivity contribution in [2.75, 3.05) is 26.1 Å². The van der Waals surface area contributed by atoms with Crippen molar-refractivity contribution in [1.82, 2.24) is 4.90 Å². The van der Waals surface area contributed by atoms with Crippen LogP contribution in [0.3, 0.4) is 0 Å².